The molecule has 0 unspecified atom stereocenters. The molecule has 0 saturated carbocycles. The van der Waals surface area contributed by atoms with Crippen molar-refractivity contribution in [3.05, 3.63) is 27.7 Å². The number of carbonyl (C=O) groups excluding carboxylic acids is 1. The maximum Gasteiger partial charge on any atom is 0.338 e. The molecule has 1 rings (SSSR count). The lowest BCUT2D eigenvalue weighted by Crippen LogP contribution is -2.06. The molecule has 0 heterocycles. The van der Waals surface area contributed by atoms with Gasteiger partial charge >= 0.3 is 5.97 Å². The van der Waals surface area contributed by atoms with Crippen molar-refractivity contribution in [2.45, 2.75) is 13.8 Å². The number of hydrogen-bond donors (Lipinski definition) is 1. The van der Waals surface area contributed by atoms with Crippen molar-refractivity contribution in [1.82, 2.24) is 0 Å². The molecule has 1 aromatic carbocycles. The number of ether oxygens (including phenoxy) is 1. The van der Waals surface area contributed by atoms with Crippen molar-refractivity contribution in [2.24, 2.45) is 0 Å². The van der Waals surface area contributed by atoms with Crippen LogP contribution in [0.4, 0.5) is 5.69 Å². The monoisotopic (exact) mass is 257 g/mol. The van der Waals surface area contributed by atoms with Crippen LogP contribution in [0.3, 0.4) is 0 Å². The number of nitrogen functional groups attached to an aromatic ring is 1. The van der Waals surface area contributed by atoms with Gasteiger partial charge in [0.1, 0.15) is 0 Å². The van der Waals surface area contributed by atoms with Crippen LogP contribution < -0.4 is 5.73 Å². The lowest BCUT2D eigenvalue weighted by atomic mass is 10.1. The Kier molecular flexibility index (Phi) is 3.52. The Labute approximate surface area is 91.4 Å². The Morgan fingerprint density at radius 1 is 1.57 bits per heavy atom. The Hall–Kier alpha value is -1.03. The smallest absolute Gasteiger partial charge is 0.338 e. The molecule has 0 amide bonds. The van der Waals surface area contributed by atoms with Gasteiger partial charge in [-0.25, -0.2) is 4.79 Å². The van der Waals surface area contributed by atoms with E-state index >= 15 is 0 Å². The first-order valence-corrected chi connectivity index (χ1v) is 5.08. The number of benzene rings is 1. The van der Waals surface area contributed by atoms with Gasteiger partial charge < -0.3 is 10.5 Å². The highest BCUT2D eigenvalue weighted by molar-refractivity contribution is 9.10. The number of halogens is 1. The van der Waals surface area contributed by atoms with Gasteiger partial charge in [-0.3, -0.25) is 0 Å². The summed E-state index contributed by atoms with van der Waals surface area (Å²) in [5.41, 5.74) is 7.71. The molecule has 0 saturated heterocycles. The number of nitrogens with two attached hydrogens (primary N) is 1. The topological polar surface area (TPSA) is 52.3 Å². The molecule has 3 nitrogen and oxygen atoms in total. The predicted octanol–water partition coefficient (Wildman–Crippen LogP) is 2.52. The summed E-state index contributed by atoms with van der Waals surface area (Å²) in [5.74, 6) is -0.347. The summed E-state index contributed by atoms with van der Waals surface area (Å²) in [6, 6.07) is 3.34. The maximum absolute atomic E-state index is 11.4. The third-order valence-corrected chi connectivity index (χ3v) is 2.72. The molecule has 76 valence electrons. The third-order valence-electron chi connectivity index (χ3n) is 1.90. The standard InChI is InChI=1S/C10H12BrNO2/c1-3-14-10(13)7-4-8(11)6(2)9(12)5-7/h4-5H,3,12H2,1-2H3. The lowest BCUT2D eigenvalue weighted by molar-refractivity contribution is 0.0526. The number of esters is 1. The molecule has 2 N–H and O–H groups in total. The molecule has 0 radical (unpaired) electrons. The minimum absolute atomic E-state index is 0.347. The average molecular weight is 258 g/mol. The molecule has 0 bridgehead atoms. The molecule has 0 fully saturated rings. The van der Waals surface area contributed by atoms with Crippen LogP contribution in [0.25, 0.3) is 0 Å². The van der Waals surface area contributed by atoms with Crippen LogP contribution in [0.15, 0.2) is 16.6 Å². The van der Waals surface area contributed by atoms with E-state index in [-0.39, 0.29) is 5.97 Å². The van der Waals surface area contributed by atoms with E-state index in [9.17, 15) is 4.79 Å². The summed E-state index contributed by atoms with van der Waals surface area (Å²) in [4.78, 5) is 11.4. The van der Waals surface area contributed by atoms with Crippen molar-refractivity contribution in [1.29, 1.82) is 0 Å². The number of hydrogen-bond acceptors (Lipinski definition) is 3. The van der Waals surface area contributed by atoms with E-state index in [1.807, 2.05) is 6.92 Å². The largest absolute Gasteiger partial charge is 0.462 e. The molecule has 4 heteroatoms. The molecule has 0 aliphatic rings. The van der Waals surface area contributed by atoms with Crippen LogP contribution in [-0.4, -0.2) is 12.6 Å². The van der Waals surface area contributed by atoms with Crippen molar-refractivity contribution < 1.29 is 9.53 Å². The molecule has 1 aromatic rings. The second kappa shape index (κ2) is 4.46. The van der Waals surface area contributed by atoms with E-state index in [1.165, 1.54) is 0 Å². The predicted molar refractivity (Wildman–Crippen MR) is 59.2 cm³/mol. The zero-order valence-corrected chi connectivity index (χ0v) is 9.72. The number of anilines is 1. The second-order valence-corrected chi connectivity index (χ2v) is 3.75. The molecule has 0 atom stereocenters. The molecular formula is C10H12BrNO2. The van der Waals surface area contributed by atoms with E-state index in [4.69, 9.17) is 10.5 Å². The van der Waals surface area contributed by atoms with Crippen LogP contribution in [0.1, 0.15) is 22.8 Å². The van der Waals surface area contributed by atoms with Crippen molar-refractivity contribution in [3.8, 4) is 0 Å². The van der Waals surface area contributed by atoms with Crippen LogP contribution in [-0.2, 0) is 4.74 Å². The quantitative estimate of drug-likeness (QED) is 0.655. The SMILES string of the molecule is CCOC(=O)c1cc(N)c(C)c(Br)c1. The van der Waals surface area contributed by atoms with E-state index in [0.717, 1.165) is 10.0 Å². The summed E-state index contributed by atoms with van der Waals surface area (Å²) in [6.07, 6.45) is 0. The van der Waals surface area contributed by atoms with Gasteiger partial charge in [-0.1, -0.05) is 15.9 Å². The molecule has 0 spiro atoms. The number of carbonyl (C=O) groups is 1. The molecule has 0 aromatic heterocycles. The zero-order chi connectivity index (χ0) is 10.7. The minimum Gasteiger partial charge on any atom is -0.462 e. The van der Waals surface area contributed by atoms with Crippen molar-refractivity contribution in [2.75, 3.05) is 12.3 Å². The van der Waals surface area contributed by atoms with Gasteiger partial charge in [0.05, 0.1) is 12.2 Å². The number of rotatable bonds is 2. The fraction of sp³-hybridized carbons (Fsp3) is 0.300. The van der Waals surface area contributed by atoms with Gasteiger partial charge in [-0.2, -0.15) is 0 Å². The van der Waals surface area contributed by atoms with Gasteiger partial charge in [-0.05, 0) is 31.5 Å². The fourth-order valence-electron chi connectivity index (χ4n) is 1.03. The average Bonchev–Trinajstić information content (AvgIpc) is 2.13. The van der Waals surface area contributed by atoms with Crippen LogP contribution in [0.2, 0.25) is 0 Å². The first kappa shape index (κ1) is 11.0. The lowest BCUT2D eigenvalue weighted by Gasteiger charge is -2.06. The van der Waals surface area contributed by atoms with E-state index < -0.39 is 0 Å². The maximum atomic E-state index is 11.4. The summed E-state index contributed by atoms with van der Waals surface area (Å²) in [6.45, 7) is 4.02. The minimum atomic E-state index is -0.347. The van der Waals surface area contributed by atoms with Crippen LogP contribution in [0, 0.1) is 6.92 Å². The van der Waals surface area contributed by atoms with E-state index in [0.29, 0.717) is 17.9 Å². The summed E-state index contributed by atoms with van der Waals surface area (Å²) in [5, 5.41) is 0. The van der Waals surface area contributed by atoms with Crippen LogP contribution in [0.5, 0.6) is 0 Å². The third kappa shape index (κ3) is 2.26. The highest BCUT2D eigenvalue weighted by Gasteiger charge is 2.10. The first-order valence-electron chi connectivity index (χ1n) is 4.29. The fourth-order valence-corrected chi connectivity index (χ4v) is 1.51. The highest BCUT2D eigenvalue weighted by atomic mass is 79.9. The van der Waals surface area contributed by atoms with Gasteiger partial charge in [0.15, 0.2) is 0 Å². The highest BCUT2D eigenvalue weighted by Crippen LogP contribution is 2.24. The van der Waals surface area contributed by atoms with Gasteiger partial charge in [0.2, 0.25) is 0 Å². The summed E-state index contributed by atoms with van der Waals surface area (Å²) < 4.78 is 5.68. The molecule has 14 heavy (non-hydrogen) atoms. The Balaban J connectivity index is 3.06. The Bertz CT molecular complexity index is 340. The van der Waals surface area contributed by atoms with Gasteiger partial charge in [0, 0.05) is 10.2 Å². The van der Waals surface area contributed by atoms with Crippen molar-refractivity contribution >= 4 is 27.6 Å². The zero-order valence-electron chi connectivity index (χ0n) is 8.13. The van der Waals surface area contributed by atoms with Gasteiger partial charge in [-0.15, -0.1) is 0 Å². The van der Waals surface area contributed by atoms with Crippen molar-refractivity contribution in [3.63, 3.8) is 0 Å². The van der Waals surface area contributed by atoms with Gasteiger partial charge in [0.25, 0.3) is 0 Å². The molecular weight excluding hydrogens is 246 g/mol. The normalized spacial score (nSPS) is 9.93. The van der Waals surface area contributed by atoms with E-state index in [1.54, 1.807) is 19.1 Å². The summed E-state index contributed by atoms with van der Waals surface area (Å²) in [7, 11) is 0. The van der Waals surface area contributed by atoms with Crippen LogP contribution >= 0.6 is 15.9 Å². The second-order valence-electron chi connectivity index (χ2n) is 2.89. The Morgan fingerprint density at radius 2 is 2.21 bits per heavy atom. The molecule has 0 aliphatic carbocycles. The summed E-state index contributed by atoms with van der Waals surface area (Å²) >= 11 is 3.33. The first-order chi connectivity index (χ1) is 6.56. The molecule has 0 aliphatic heterocycles. The van der Waals surface area contributed by atoms with E-state index in [2.05, 4.69) is 15.9 Å². The Morgan fingerprint density at radius 3 is 2.71 bits per heavy atom.